The second-order valence-electron chi connectivity index (χ2n) is 5.58. The molecule has 0 saturated carbocycles. The zero-order valence-electron chi connectivity index (χ0n) is 14.8. The highest BCUT2D eigenvalue weighted by atomic mass is 32.2. The van der Waals surface area contributed by atoms with Crippen molar-refractivity contribution in [3.63, 3.8) is 0 Å². The van der Waals surface area contributed by atoms with E-state index in [4.69, 9.17) is 10.5 Å². The third kappa shape index (κ3) is 5.55. The first-order chi connectivity index (χ1) is 13.3. The summed E-state index contributed by atoms with van der Waals surface area (Å²) in [4.78, 5) is 46.1. The highest BCUT2D eigenvalue weighted by Gasteiger charge is 2.17. The van der Waals surface area contributed by atoms with Crippen LogP contribution in [0.5, 0.6) is 0 Å². The predicted octanol–water partition coefficient (Wildman–Crippen LogP) is 2.28. The molecular weight excluding hydrogens is 386 g/mol. The Morgan fingerprint density at radius 2 is 1.89 bits per heavy atom. The normalized spacial score (nSPS) is 10.2. The number of rotatable bonds is 8. The van der Waals surface area contributed by atoms with Crippen LogP contribution in [0.3, 0.4) is 0 Å². The lowest BCUT2D eigenvalue weighted by Gasteiger charge is -2.10. The largest absolute Gasteiger partial charge is 0.452 e. The fourth-order valence-corrected chi connectivity index (χ4v) is 3.04. The van der Waals surface area contributed by atoms with Crippen molar-refractivity contribution in [3.8, 4) is 0 Å². The Labute approximate surface area is 164 Å². The molecule has 2 amide bonds. The van der Waals surface area contributed by atoms with Crippen molar-refractivity contribution in [2.24, 2.45) is 5.73 Å². The van der Waals surface area contributed by atoms with Gasteiger partial charge in [0.2, 0.25) is 5.91 Å². The van der Waals surface area contributed by atoms with Gasteiger partial charge in [-0.2, -0.15) is 0 Å². The number of nitro groups is 1. The second-order valence-corrected chi connectivity index (χ2v) is 6.60. The summed E-state index contributed by atoms with van der Waals surface area (Å²) in [6.45, 7) is 0.932. The molecule has 0 fully saturated rings. The van der Waals surface area contributed by atoms with Gasteiger partial charge in [0.1, 0.15) is 0 Å². The Balaban J connectivity index is 2.00. The van der Waals surface area contributed by atoms with E-state index in [9.17, 15) is 24.5 Å². The van der Waals surface area contributed by atoms with Crippen molar-refractivity contribution in [1.82, 2.24) is 0 Å². The molecule has 2 rings (SSSR count). The summed E-state index contributed by atoms with van der Waals surface area (Å²) in [6.07, 6.45) is 0. The third-order valence-electron chi connectivity index (χ3n) is 3.59. The Morgan fingerprint density at radius 3 is 2.57 bits per heavy atom. The molecule has 0 aliphatic heterocycles. The number of hydrogen-bond donors (Lipinski definition) is 2. The van der Waals surface area contributed by atoms with Crippen LogP contribution in [0.1, 0.15) is 15.9 Å². The number of nitrogens with two attached hydrogens (primary N) is 1. The van der Waals surface area contributed by atoms with E-state index in [0.717, 1.165) is 11.8 Å². The molecule has 2 aromatic rings. The minimum atomic E-state index is -0.738. The fourth-order valence-electron chi connectivity index (χ4n) is 2.26. The van der Waals surface area contributed by atoms with Gasteiger partial charge in [-0.3, -0.25) is 19.7 Å². The van der Waals surface area contributed by atoms with Crippen LogP contribution in [0.4, 0.5) is 11.4 Å². The number of nitrogens with zero attached hydrogens (tertiary/aromatic N) is 1. The Bertz CT molecular complexity index is 931. The molecule has 146 valence electrons. The molecule has 0 aliphatic rings. The molecule has 0 aromatic heterocycles. The van der Waals surface area contributed by atoms with E-state index in [-0.39, 0.29) is 22.7 Å². The highest BCUT2D eigenvalue weighted by molar-refractivity contribution is 8.00. The van der Waals surface area contributed by atoms with Crippen molar-refractivity contribution in [2.75, 3.05) is 17.7 Å². The van der Waals surface area contributed by atoms with Crippen molar-refractivity contribution in [1.29, 1.82) is 0 Å². The number of hydrogen-bond acceptors (Lipinski definition) is 7. The summed E-state index contributed by atoms with van der Waals surface area (Å²) < 4.78 is 5.01. The summed E-state index contributed by atoms with van der Waals surface area (Å²) in [5, 5.41) is 13.4. The molecule has 2 aromatic carbocycles. The lowest BCUT2D eigenvalue weighted by atomic mass is 10.1. The van der Waals surface area contributed by atoms with Gasteiger partial charge < -0.3 is 15.8 Å². The number of carbonyl (C=O) groups excluding carboxylic acids is 3. The van der Waals surface area contributed by atoms with Crippen LogP contribution in [0, 0.1) is 17.0 Å². The number of carbonyl (C=O) groups is 3. The molecule has 0 aliphatic carbocycles. The number of ether oxygens (including phenoxy) is 1. The SMILES string of the molecule is Cc1c(NC(=O)COC(=O)c2ccccc2SCC(N)=O)cccc1[N+](=O)[O-]. The second kappa shape index (κ2) is 9.51. The van der Waals surface area contributed by atoms with E-state index in [1.165, 1.54) is 31.2 Å². The lowest BCUT2D eigenvalue weighted by molar-refractivity contribution is -0.385. The maximum Gasteiger partial charge on any atom is 0.339 e. The van der Waals surface area contributed by atoms with Gasteiger partial charge in [-0.25, -0.2) is 4.79 Å². The molecular formula is C18H17N3O6S. The maximum atomic E-state index is 12.3. The molecule has 0 radical (unpaired) electrons. The summed E-state index contributed by atoms with van der Waals surface area (Å²) >= 11 is 1.09. The van der Waals surface area contributed by atoms with Gasteiger partial charge in [0.25, 0.3) is 11.6 Å². The van der Waals surface area contributed by atoms with Crippen LogP contribution in [0.25, 0.3) is 0 Å². The van der Waals surface area contributed by atoms with Crippen LogP contribution >= 0.6 is 11.8 Å². The van der Waals surface area contributed by atoms with Crippen molar-refractivity contribution < 1.29 is 24.0 Å². The number of primary amides is 1. The lowest BCUT2D eigenvalue weighted by Crippen LogP contribution is -2.21. The van der Waals surface area contributed by atoms with Crippen LogP contribution in [-0.2, 0) is 14.3 Å². The maximum absolute atomic E-state index is 12.3. The molecule has 0 saturated heterocycles. The number of anilines is 1. The Kier molecular flexibility index (Phi) is 7.10. The quantitative estimate of drug-likeness (QED) is 0.298. The van der Waals surface area contributed by atoms with E-state index in [1.54, 1.807) is 18.2 Å². The number of esters is 1. The van der Waals surface area contributed by atoms with E-state index in [2.05, 4.69) is 5.32 Å². The fraction of sp³-hybridized carbons (Fsp3) is 0.167. The smallest absolute Gasteiger partial charge is 0.339 e. The average molecular weight is 403 g/mol. The topological polar surface area (TPSA) is 142 Å². The number of nitrogens with one attached hydrogen (secondary N) is 1. The monoisotopic (exact) mass is 403 g/mol. The first-order valence-electron chi connectivity index (χ1n) is 8.00. The van der Waals surface area contributed by atoms with E-state index in [1.807, 2.05) is 0 Å². The van der Waals surface area contributed by atoms with E-state index in [0.29, 0.717) is 10.5 Å². The van der Waals surface area contributed by atoms with Crippen LogP contribution in [-0.4, -0.2) is 35.1 Å². The molecule has 3 N–H and O–H groups in total. The zero-order chi connectivity index (χ0) is 20.7. The standard InChI is InChI=1S/C18H17N3O6S/c1-11-13(6-4-7-14(11)21(25)26)20-17(23)9-27-18(24)12-5-2-3-8-15(12)28-10-16(19)22/h2-8H,9-10H2,1H3,(H2,19,22)(H,20,23). The molecule has 0 atom stereocenters. The van der Waals surface area contributed by atoms with Gasteiger partial charge in [-0.1, -0.05) is 18.2 Å². The summed E-state index contributed by atoms with van der Waals surface area (Å²) in [5.74, 6) is -1.91. The van der Waals surface area contributed by atoms with Crippen LogP contribution in [0.2, 0.25) is 0 Å². The van der Waals surface area contributed by atoms with Crippen LogP contribution in [0.15, 0.2) is 47.4 Å². The Morgan fingerprint density at radius 1 is 1.18 bits per heavy atom. The molecule has 0 spiro atoms. The third-order valence-corrected chi connectivity index (χ3v) is 4.68. The molecule has 0 unspecified atom stereocenters. The average Bonchev–Trinajstić information content (AvgIpc) is 2.66. The van der Waals surface area contributed by atoms with Gasteiger partial charge >= 0.3 is 5.97 Å². The highest BCUT2D eigenvalue weighted by Crippen LogP contribution is 2.25. The number of nitro benzene ring substituents is 1. The zero-order valence-corrected chi connectivity index (χ0v) is 15.7. The summed E-state index contributed by atoms with van der Waals surface area (Å²) in [5.41, 5.74) is 5.73. The molecule has 28 heavy (non-hydrogen) atoms. The van der Waals surface area contributed by atoms with E-state index < -0.39 is 29.3 Å². The first kappa shape index (κ1) is 20.9. The van der Waals surface area contributed by atoms with Gasteiger partial charge in [-0.05, 0) is 25.1 Å². The van der Waals surface area contributed by atoms with Crippen LogP contribution < -0.4 is 11.1 Å². The van der Waals surface area contributed by atoms with Gasteiger partial charge in [-0.15, -0.1) is 11.8 Å². The minimum absolute atomic E-state index is 0.00313. The first-order valence-corrected chi connectivity index (χ1v) is 8.99. The van der Waals surface area contributed by atoms with Gasteiger partial charge in [0.05, 0.1) is 27.5 Å². The molecule has 9 nitrogen and oxygen atoms in total. The summed E-state index contributed by atoms with van der Waals surface area (Å²) in [6, 6.07) is 10.7. The molecule has 10 heteroatoms. The van der Waals surface area contributed by atoms with Crippen molar-refractivity contribution in [3.05, 3.63) is 63.7 Å². The molecule has 0 heterocycles. The Hall–Kier alpha value is -3.40. The van der Waals surface area contributed by atoms with Gasteiger partial charge in [0, 0.05) is 11.0 Å². The van der Waals surface area contributed by atoms with Crippen molar-refractivity contribution in [2.45, 2.75) is 11.8 Å². The number of thioether (sulfide) groups is 1. The summed E-state index contributed by atoms with van der Waals surface area (Å²) in [7, 11) is 0. The van der Waals surface area contributed by atoms with Crippen molar-refractivity contribution >= 4 is 40.9 Å². The number of amides is 2. The van der Waals surface area contributed by atoms with Gasteiger partial charge in [0.15, 0.2) is 6.61 Å². The van der Waals surface area contributed by atoms with E-state index >= 15 is 0 Å². The predicted molar refractivity (Wildman–Crippen MR) is 103 cm³/mol. The molecule has 0 bridgehead atoms. The minimum Gasteiger partial charge on any atom is -0.452 e. The number of benzene rings is 2.